The molecule has 9 heteroatoms. The minimum Gasteiger partial charge on any atom is -0.493 e. The Labute approximate surface area is 161 Å². The second kappa shape index (κ2) is 9.36. The molecule has 0 aliphatic heterocycles. The Morgan fingerprint density at radius 3 is 2.21 bits per heavy atom. The number of carbonyl (C=O) groups is 2. The van der Waals surface area contributed by atoms with Gasteiger partial charge in [-0.2, -0.15) is 0 Å². The van der Waals surface area contributed by atoms with Crippen LogP contribution >= 0.6 is 0 Å². The van der Waals surface area contributed by atoms with Gasteiger partial charge >= 0.3 is 5.97 Å². The predicted molar refractivity (Wildman–Crippen MR) is 101 cm³/mol. The van der Waals surface area contributed by atoms with Gasteiger partial charge in [0.2, 0.25) is 5.91 Å². The van der Waals surface area contributed by atoms with Gasteiger partial charge in [0.1, 0.15) is 0 Å². The summed E-state index contributed by atoms with van der Waals surface area (Å²) in [6, 6.07) is 8.54. The van der Waals surface area contributed by atoms with E-state index in [1.165, 1.54) is 50.6 Å². The van der Waals surface area contributed by atoms with Gasteiger partial charge in [-0.25, -0.2) is 4.79 Å². The van der Waals surface area contributed by atoms with Gasteiger partial charge in [0.25, 0.3) is 5.69 Å². The number of esters is 1. The molecule has 0 radical (unpaired) electrons. The molecule has 2 rings (SSSR count). The molecule has 0 aliphatic carbocycles. The first kappa shape index (κ1) is 20.7. The highest BCUT2D eigenvalue weighted by atomic mass is 16.6. The third-order valence-corrected chi connectivity index (χ3v) is 3.80. The Balaban J connectivity index is 2.25. The summed E-state index contributed by atoms with van der Waals surface area (Å²) in [4.78, 5) is 34.8. The maximum absolute atomic E-state index is 12.4. The number of anilines is 1. The molecule has 9 nitrogen and oxygen atoms in total. The van der Waals surface area contributed by atoms with Crippen LogP contribution in [0.1, 0.15) is 22.8 Å². The minimum atomic E-state index is -0.617. The van der Waals surface area contributed by atoms with Gasteiger partial charge in [-0.3, -0.25) is 14.9 Å². The Kier molecular flexibility index (Phi) is 6.91. The fraction of sp³-hybridized carbons (Fsp3) is 0.263. The third-order valence-electron chi connectivity index (χ3n) is 3.80. The molecule has 0 spiro atoms. The van der Waals surface area contributed by atoms with Crippen molar-refractivity contribution in [2.45, 2.75) is 13.3 Å². The first-order valence-corrected chi connectivity index (χ1v) is 8.35. The Morgan fingerprint density at radius 2 is 1.68 bits per heavy atom. The zero-order valence-corrected chi connectivity index (χ0v) is 15.7. The SMILES string of the molecule is CCOC(=O)c1cc(OC)c(OC)cc1NC(=O)Cc1ccc([N+](=O)[O-])cc1. The summed E-state index contributed by atoms with van der Waals surface area (Å²) in [5, 5.41) is 13.4. The van der Waals surface area contributed by atoms with E-state index in [1.807, 2.05) is 0 Å². The van der Waals surface area contributed by atoms with Gasteiger partial charge in [0, 0.05) is 24.3 Å². The average molecular weight is 388 g/mol. The minimum absolute atomic E-state index is 0.0331. The second-order valence-corrected chi connectivity index (χ2v) is 5.62. The highest BCUT2D eigenvalue weighted by Gasteiger charge is 2.19. The summed E-state index contributed by atoms with van der Waals surface area (Å²) in [7, 11) is 2.87. The van der Waals surface area contributed by atoms with Crippen LogP contribution in [0.5, 0.6) is 11.5 Å². The summed E-state index contributed by atoms with van der Waals surface area (Å²) < 4.78 is 15.4. The molecule has 0 saturated carbocycles. The molecule has 0 atom stereocenters. The monoisotopic (exact) mass is 388 g/mol. The molecule has 148 valence electrons. The second-order valence-electron chi connectivity index (χ2n) is 5.62. The number of nitro benzene ring substituents is 1. The van der Waals surface area contributed by atoms with Gasteiger partial charge in [-0.1, -0.05) is 12.1 Å². The lowest BCUT2D eigenvalue weighted by Crippen LogP contribution is -2.18. The van der Waals surface area contributed by atoms with E-state index in [-0.39, 0.29) is 30.0 Å². The maximum Gasteiger partial charge on any atom is 0.340 e. The van der Waals surface area contributed by atoms with E-state index in [2.05, 4.69) is 5.32 Å². The van der Waals surface area contributed by atoms with E-state index in [9.17, 15) is 19.7 Å². The molecule has 0 saturated heterocycles. The van der Waals surface area contributed by atoms with E-state index in [4.69, 9.17) is 14.2 Å². The molecule has 0 aromatic heterocycles. The van der Waals surface area contributed by atoms with Crippen LogP contribution in [0.3, 0.4) is 0 Å². The van der Waals surface area contributed by atoms with Gasteiger partial charge < -0.3 is 19.5 Å². The van der Waals surface area contributed by atoms with Gasteiger partial charge in [-0.15, -0.1) is 0 Å². The number of methoxy groups -OCH3 is 2. The van der Waals surface area contributed by atoms with E-state index in [1.54, 1.807) is 6.92 Å². The molecule has 28 heavy (non-hydrogen) atoms. The lowest BCUT2D eigenvalue weighted by atomic mass is 10.1. The van der Waals surface area contributed by atoms with Crippen LogP contribution in [0.15, 0.2) is 36.4 Å². The number of hydrogen-bond acceptors (Lipinski definition) is 7. The van der Waals surface area contributed by atoms with Crippen molar-refractivity contribution >= 4 is 23.3 Å². The normalized spacial score (nSPS) is 10.1. The molecule has 2 aromatic carbocycles. The van der Waals surface area contributed by atoms with Crippen LogP contribution in [-0.2, 0) is 16.0 Å². The number of ether oxygens (including phenoxy) is 3. The summed E-state index contributed by atoms with van der Waals surface area (Å²) in [5.74, 6) is -0.374. The number of carbonyl (C=O) groups excluding carboxylic acids is 2. The van der Waals surface area contributed by atoms with Crippen LogP contribution in [0.2, 0.25) is 0 Å². The van der Waals surface area contributed by atoms with Crippen LogP contribution in [0.25, 0.3) is 0 Å². The molecule has 1 N–H and O–H groups in total. The zero-order valence-electron chi connectivity index (χ0n) is 15.7. The van der Waals surface area contributed by atoms with Crippen molar-refractivity contribution in [2.75, 3.05) is 26.1 Å². The summed E-state index contributed by atoms with van der Waals surface area (Å²) in [6.07, 6.45) is -0.0331. The van der Waals surface area contributed by atoms with Crippen LogP contribution in [0, 0.1) is 10.1 Å². The van der Waals surface area contributed by atoms with Gasteiger partial charge in [-0.05, 0) is 12.5 Å². The van der Waals surface area contributed by atoms with Crippen LogP contribution in [-0.4, -0.2) is 37.6 Å². The Hall–Kier alpha value is -3.62. The fourth-order valence-electron chi connectivity index (χ4n) is 2.48. The smallest absolute Gasteiger partial charge is 0.340 e. The maximum atomic E-state index is 12.4. The highest BCUT2D eigenvalue weighted by molar-refractivity contribution is 6.02. The topological polar surface area (TPSA) is 117 Å². The van der Waals surface area contributed by atoms with Gasteiger partial charge in [0.05, 0.1) is 43.4 Å². The molecule has 0 fully saturated rings. The molecule has 0 aliphatic rings. The van der Waals surface area contributed by atoms with Crippen LogP contribution in [0.4, 0.5) is 11.4 Å². The zero-order chi connectivity index (χ0) is 20.7. The van der Waals surface area contributed by atoms with Crippen LogP contribution < -0.4 is 14.8 Å². The molecular formula is C19H20N2O7. The molecule has 0 unspecified atom stereocenters. The van der Waals surface area contributed by atoms with Crippen molar-refractivity contribution in [3.8, 4) is 11.5 Å². The molecule has 0 bridgehead atoms. The lowest BCUT2D eigenvalue weighted by molar-refractivity contribution is -0.384. The number of nitro groups is 1. The first-order valence-electron chi connectivity index (χ1n) is 8.35. The van der Waals surface area contributed by atoms with Crippen molar-refractivity contribution in [2.24, 2.45) is 0 Å². The van der Waals surface area contributed by atoms with Crippen molar-refractivity contribution in [1.82, 2.24) is 0 Å². The van der Waals surface area contributed by atoms with E-state index in [0.717, 1.165) is 0 Å². The lowest BCUT2D eigenvalue weighted by Gasteiger charge is -2.15. The Morgan fingerprint density at radius 1 is 1.07 bits per heavy atom. The largest absolute Gasteiger partial charge is 0.493 e. The summed E-state index contributed by atoms with van der Waals surface area (Å²) in [6.45, 7) is 1.84. The molecule has 0 heterocycles. The van der Waals surface area contributed by atoms with Crippen molar-refractivity contribution in [3.05, 3.63) is 57.6 Å². The van der Waals surface area contributed by atoms with Crippen molar-refractivity contribution in [1.29, 1.82) is 0 Å². The average Bonchev–Trinajstić information content (AvgIpc) is 2.68. The number of benzene rings is 2. The van der Waals surface area contributed by atoms with Gasteiger partial charge in [0.15, 0.2) is 11.5 Å². The van der Waals surface area contributed by atoms with Crippen molar-refractivity contribution in [3.63, 3.8) is 0 Å². The number of nitrogens with one attached hydrogen (secondary N) is 1. The predicted octanol–water partition coefficient (Wildman–Crippen LogP) is 2.97. The highest BCUT2D eigenvalue weighted by Crippen LogP contribution is 2.34. The standard InChI is InChI=1S/C19H20N2O7/c1-4-28-19(23)14-10-16(26-2)17(27-3)11-15(14)20-18(22)9-12-5-7-13(8-6-12)21(24)25/h5-8,10-11H,4,9H2,1-3H3,(H,20,22). The summed E-state index contributed by atoms with van der Waals surface area (Å²) in [5.41, 5.74) is 0.856. The first-order chi connectivity index (χ1) is 13.4. The summed E-state index contributed by atoms with van der Waals surface area (Å²) >= 11 is 0. The molecular weight excluding hydrogens is 368 g/mol. The van der Waals surface area contributed by atoms with E-state index in [0.29, 0.717) is 17.1 Å². The number of rotatable bonds is 8. The Bertz CT molecular complexity index is 879. The van der Waals surface area contributed by atoms with Crippen molar-refractivity contribution < 1.29 is 28.7 Å². The third kappa shape index (κ3) is 4.97. The van der Waals surface area contributed by atoms with E-state index >= 15 is 0 Å². The number of amides is 1. The number of hydrogen-bond donors (Lipinski definition) is 1. The fourth-order valence-corrected chi connectivity index (χ4v) is 2.48. The number of nitrogens with zero attached hydrogens (tertiary/aromatic N) is 1. The van der Waals surface area contributed by atoms with E-state index < -0.39 is 16.8 Å². The number of non-ortho nitro benzene ring substituents is 1. The molecule has 1 amide bonds. The quantitative estimate of drug-likeness (QED) is 0.420. The molecule has 2 aromatic rings.